The summed E-state index contributed by atoms with van der Waals surface area (Å²) < 4.78 is 77.4. The number of benzene rings is 2. The maximum atomic E-state index is 13.9. The summed E-state index contributed by atoms with van der Waals surface area (Å²) in [6.45, 7) is -2.85. The summed E-state index contributed by atoms with van der Waals surface area (Å²) in [6.07, 6.45) is -1.40. The fourth-order valence-electron chi connectivity index (χ4n) is 5.19. The number of hydrogen-bond acceptors (Lipinski definition) is 3. The summed E-state index contributed by atoms with van der Waals surface area (Å²) in [6, 6.07) is 9.57. The van der Waals surface area contributed by atoms with Crippen molar-refractivity contribution >= 4 is 6.03 Å². The molecule has 1 saturated carbocycles. The van der Waals surface area contributed by atoms with Crippen molar-refractivity contribution < 1.29 is 36.2 Å². The van der Waals surface area contributed by atoms with E-state index in [1.54, 1.807) is 0 Å². The molecule has 5 nitrogen and oxygen atoms in total. The number of amides is 2. The van der Waals surface area contributed by atoms with Gasteiger partial charge in [0.05, 0.1) is 24.3 Å². The number of alkyl halides is 5. The number of urea groups is 1. The molecule has 35 heavy (non-hydrogen) atoms. The van der Waals surface area contributed by atoms with Gasteiger partial charge in [-0.15, -0.1) is 0 Å². The zero-order chi connectivity index (χ0) is 25.2. The summed E-state index contributed by atoms with van der Waals surface area (Å²) in [4.78, 5) is 13.5. The van der Waals surface area contributed by atoms with E-state index in [0.29, 0.717) is 5.56 Å². The Bertz CT molecular complexity index is 1010. The standard InChI is InChI=1S/C25H27F5N2O3/c26-23(27)34-17-12-10-16(11-13-17)22(18-8-4-5-9-19(18)25(28,29)30)35-20-14-32(24(31)33)21(20)15-6-2-1-3-7-15/h4-5,8-13,15,20-23H,1-3,6-7,14H2,(H2,31,33). The Hall–Kier alpha value is -2.88. The molecule has 3 unspecified atom stereocenters. The Labute approximate surface area is 200 Å². The maximum Gasteiger partial charge on any atom is 0.416 e. The van der Waals surface area contributed by atoms with Crippen LogP contribution in [-0.4, -0.2) is 36.2 Å². The third-order valence-electron chi connectivity index (χ3n) is 6.80. The predicted octanol–water partition coefficient (Wildman–Crippen LogP) is 6.12. The van der Waals surface area contributed by atoms with Gasteiger partial charge in [0.25, 0.3) is 0 Å². The molecule has 0 bridgehead atoms. The monoisotopic (exact) mass is 498 g/mol. The van der Waals surface area contributed by atoms with Gasteiger partial charge in [0, 0.05) is 0 Å². The largest absolute Gasteiger partial charge is 0.435 e. The Kier molecular flexibility index (Phi) is 7.49. The SMILES string of the molecule is NC(=O)N1CC(OC(c2ccc(OC(F)F)cc2)c2ccccc2C(F)(F)F)C1C1CCCCC1. The highest BCUT2D eigenvalue weighted by atomic mass is 19.4. The molecule has 10 heteroatoms. The first-order chi connectivity index (χ1) is 16.6. The summed E-state index contributed by atoms with van der Waals surface area (Å²) in [7, 11) is 0. The van der Waals surface area contributed by atoms with Crippen molar-refractivity contribution in [3.63, 3.8) is 0 Å². The van der Waals surface area contributed by atoms with Crippen molar-refractivity contribution in [2.24, 2.45) is 11.7 Å². The molecule has 4 rings (SSSR count). The van der Waals surface area contributed by atoms with Crippen molar-refractivity contribution in [1.29, 1.82) is 0 Å². The molecule has 1 aliphatic heterocycles. The van der Waals surface area contributed by atoms with Gasteiger partial charge in [-0.3, -0.25) is 0 Å². The van der Waals surface area contributed by atoms with Gasteiger partial charge in [-0.05, 0) is 48.1 Å². The smallest absolute Gasteiger partial charge is 0.416 e. The van der Waals surface area contributed by atoms with Gasteiger partial charge in [0.1, 0.15) is 11.9 Å². The second kappa shape index (κ2) is 10.4. The highest BCUT2D eigenvalue weighted by Crippen LogP contribution is 2.43. The van der Waals surface area contributed by atoms with E-state index >= 15 is 0 Å². The lowest BCUT2D eigenvalue weighted by Crippen LogP contribution is -2.67. The van der Waals surface area contributed by atoms with Crippen molar-refractivity contribution in [2.75, 3.05) is 6.54 Å². The van der Waals surface area contributed by atoms with Gasteiger partial charge < -0.3 is 20.1 Å². The van der Waals surface area contributed by atoms with E-state index in [0.717, 1.165) is 38.2 Å². The number of halogens is 5. The molecular weight excluding hydrogens is 471 g/mol. The molecule has 3 atom stereocenters. The number of hydrogen-bond donors (Lipinski definition) is 1. The van der Waals surface area contributed by atoms with Crippen LogP contribution in [0.1, 0.15) is 54.9 Å². The number of ether oxygens (including phenoxy) is 2. The third kappa shape index (κ3) is 5.69. The van der Waals surface area contributed by atoms with E-state index in [2.05, 4.69) is 4.74 Å². The topological polar surface area (TPSA) is 64.8 Å². The number of primary amides is 1. The van der Waals surface area contributed by atoms with Gasteiger partial charge >= 0.3 is 18.8 Å². The molecular formula is C25H27F5N2O3. The molecule has 2 aromatic carbocycles. The van der Waals surface area contributed by atoms with Gasteiger partial charge in [0.15, 0.2) is 0 Å². The van der Waals surface area contributed by atoms with Crippen LogP contribution >= 0.6 is 0 Å². The summed E-state index contributed by atoms with van der Waals surface area (Å²) >= 11 is 0. The van der Waals surface area contributed by atoms with Gasteiger partial charge in [-0.25, -0.2) is 4.79 Å². The van der Waals surface area contributed by atoms with E-state index in [1.165, 1.54) is 47.4 Å². The van der Waals surface area contributed by atoms with Crippen LogP contribution in [0.5, 0.6) is 5.75 Å². The molecule has 1 heterocycles. The molecule has 2 fully saturated rings. The van der Waals surface area contributed by atoms with E-state index in [9.17, 15) is 26.7 Å². The quantitative estimate of drug-likeness (QED) is 0.468. The lowest BCUT2D eigenvalue weighted by Gasteiger charge is -2.52. The first-order valence-corrected chi connectivity index (χ1v) is 11.6. The molecule has 2 amide bonds. The van der Waals surface area contributed by atoms with Crippen molar-refractivity contribution in [1.82, 2.24) is 4.90 Å². The van der Waals surface area contributed by atoms with Crippen molar-refractivity contribution in [3.05, 3.63) is 65.2 Å². The minimum Gasteiger partial charge on any atom is -0.435 e. The first-order valence-electron chi connectivity index (χ1n) is 11.6. The van der Waals surface area contributed by atoms with Gasteiger partial charge in [-0.2, -0.15) is 22.0 Å². The van der Waals surface area contributed by atoms with Crippen LogP contribution in [0.25, 0.3) is 0 Å². The lowest BCUT2D eigenvalue weighted by molar-refractivity contribution is -0.145. The molecule has 0 radical (unpaired) electrons. The first kappa shape index (κ1) is 25.2. The summed E-state index contributed by atoms with van der Waals surface area (Å²) in [5.74, 6) is 0.0329. The van der Waals surface area contributed by atoms with Gasteiger partial charge in [-0.1, -0.05) is 49.6 Å². The summed E-state index contributed by atoms with van der Waals surface area (Å²) in [5.41, 5.74) is 4.96. The van der Waals surface area contributed by atoms with Crippen LogP contribution in [0.3, 0.4) is 0 Å². The number of rotatable bonds is 7. The molecule has 2 aromatic rings. The van der Waals surface area contributed by atoms with Crippen LogP contribution < -0.4 is 10.5 Å². The third-order valence-corrected chi connectivity index (χ3v) is 6.80. The fourth-order valence-corrected chi connectivity index (χ4v) is 5.19. The average Bonchev–Trinajstić information content (AvgIpc) is 2.79. The number of carbonyl (C=O) groups is 1. The number of likely N-dealkylation sites (tertiary alicyclic amines) is 1. The normalized spacial score (nSPS) is 22.1. The highest BCUT2D eigenvalue weighted by molar-refractivity contribution is 5.73. The maximum absolute atomic E-state index is 13.9. The van der Waals surface area contributed by atoms with Crippen LogP contribution in [0, 0.1) is 5.92 Å². The molecule has 190 valence electrons. The van der Waals surface area contributed by atoms with E-state index in [-0.39, 0.29) is 29.8 Å². The van der Waals surface area contributed by atoms with E-state index in [1.807, 2.05) is 0 Å². The molecule has 1 aliphatic carbocycles. The minimum absolute atomic E-state index is 0.0950. The molecule has 2 aliphatic rings. The van der Waals surface area contributed by atoms with Gasteiger partial charge in [0.2, 0.25) is 0 Å². The molecule has 1 saturated heterocycles. The molecule has 0 aromatic heterocycles. The number of carbonyl (C=O) groups excluding carboxylic acids is 1. The second-order valence-electron chi connectivity index (χ2n) is 8.97. The van der Waals surface area contributed by atoms with E-state index < -0.39 is 36.6 Å². The number of nitrogens with two attached hydrogens (primary N) is 1. The molecule has 0 spiro atoms. The molecule has 2 N–H and O–H groups in total. The van der Waals surface area contributed by atoms with Crippen LogP contribution in [-0.2, 0) is 10.9 Å². The van der Waals surface area contributed by atoms with Crippen molar-refractivity contribution in [2.45, 2.75) is 63.1 Å². The van der Waals surface area contributed by atoms with Crippen molar-refractivity contribution in [3.8, 4) is 5.75 Å². The Morgan fingerprint density at radius 1 is 1.00 bits per heavy atom. The average molecular weight is 498 g/mol. The van der Waals surface area contributed by atoms with Crippen LogP contribution in [0.15, 0.2) is 48.5 Å². The zero-order valence-corrected chi connectivity index (χ0v) is 18.9. The highest BCUT2D eigenvalue weighted by Gasteiger charge is 2.48. The van der Waals surface area contributed by atoms with E-state index in [4.69, 9.17) is 10.5 Å². The second-order valence-corrected chi connectivity index (χ2v) is 8.97. The Morgan fingerprint density at radius 3 is 2.26 bits per heavy atom. The van der Waals surface area contributed by atoms with Crippen LogP contribution in [0.4, 0.5) is 26.7 Å². The lowest BCUT2D eigenvalue weighted by atomic mass is 9.77. The Balaban J connectivity index is 1.68. The fraction of sp³-hybridized carbons (Fsp3) is 0.480. The number of nitrogens with zero attached hydrogens (tertiary/aromatic N) is 1. The minimum atomic E-state index is -4.63. The van der Waals surface area contributed by atoms with Crippen LogP contribution in [0.2, 0.25) is 0 Å². The zero-order valence-electron chi connectivity index (χ0n) is 18.9. The summed E-state index contributed by atoms with van der Waals surface area (Å²) in [5, 5.41) is 0. The Morgan fingerprint density at radius 2 is 1.66 bits per heavy atom. The predicted molar refractivity (Wildman–Crippen MR) is 118 cm³/mol.